The maximum absolute atomic E-state index is 11.7. The minimum absolute atomic E-state index is 0.100. The molecule has 1 unspecified atom stereocenters. The number of ether oxygens (including phenoxy) is 1. The zero-order valence-electron chi connectivity index (χ0n) is 10.1. The van der Waals surface area contributed by atoms with Crippen molar-refractivity contribution in [2.24, 2.45) is 0 Å². The molecule has 1 aromatic rings. The van der Waals surface area contributed by atoms with Crippen LogP contribution in [-0.2, 0) is 11.3 Å². The summed E-state index contributed by atoms with van der Waals surface area (Å²) in [6, 6.07) is 5.83. The number of benzene rings is 1. The van der Waals surface area contributed by atoms with Crippen LogP contribution < -0.4 is 4.74 Å². The lowest BCUT2D eigenvalue weighted by Crippen LogP contribution is -2.31. The van der Waals surface area contributed by atoms with Gasteiger partial charge in [-0.25, -0.2) is 0 Å². The predicted octanol–water partition coefficient (Wildman–Crippen LogP) is 2.88. The summed E-state index contributed by atoms with van der Waals surface area (Å²) in [7, 11) is 1.63. The molecule has 0 spiro atoms. The molecule has 1 heterocycles. The number of carbonyl (C=O) groups is 1. The van der Waals surface area contributed by atoms with Gasteiger partial charge in [-0.3, -0.25) is 4.79 Å². The zero-order chi connectivity index (χ0) is 13.1. The van der Waals surface area contributed by atoms with Crippen LogP contribution in [0.5, 0.6) is 5.75 Å². The van der Waals surface area contributed by atoms with Crippen molar-refractivity contribution in [3.63, 3.8) is 0 Å². The molecule has 0 N–H and O–H groups in total. The van der Waals surface area contributed by atoms with Gasteiger partial charge in [0.1, 0.15) is 10.5 Å². The van der Waals surface area contributed by atoms with E-state index in [2.05, 4.69) is 6.58 Å². The molecule has 0 aliphatic carbocycles. The number of hydrogen-bond acceptors (Lipinski definition) is 3. The number of alkyl halides is 1. The van der Waals surface area contributed by atoms with Gasteiger partial charge in [-0.1, -0.05) is 6.58 Å². The number of hydrogen-bond donors (Lipinski definition) is 0. The first-order valence-corrected chi connectivity index (χ1v) is 6.84. The highest BCUT2D eigenvalue weighted by atomic mass is 35.5. The van der Waals surface area contributed by atoms with Gasteiger partial charge in [0.25, 0.3) is 0 Å². The van der Waals surface area contributed by atoms with E-state index in [4.69, 9.17) is 16.3 Å². The van der Waals surface area contributed by atoms with Crippen LogP contribution in [-0.4, -0.2) is 29.2 Å². The Morgan fingerprint density at radius 2 is 2.44 bits per heavy atom. The normalized spacial score (nSPS) is 18.8. The molecular formula is C13H14ClNO2S. The Labute approximate surface area is 116 Å². The SMILES string of the molecule is C=CC(=O)N1Cc2cc(OC)ccc2SC(Cl)C1. The van der Waals surface area contributed by atoms with E-state index in [9.17, 15) is 4.79 Å². The number of nitrogens with zero attached hydrogens (tertiary/aromatic N) is 1. The first kappa shape index (κ1) is 13.3. The summed E-state index contributed by atoms with van der Waals surface area (Å²) in [5.74, 6) is 0.685. The fraction of sp³-hybridized carbons (Fsp3) is 0.308. The van der Waals surface area contributed by atoms with Crippen molar-refractivity contribution < 1.29 is 9.53 Å². The van der Waals surface area contributed by atoms with Crippen molar-refractivity contribution in [2.45, 2.75) is 16.1 Å². The lowest BCUT2D eigenvalue weighted by atomic mass is 10.2. The Morgan fingerprint density at radius 3 is 3.11 bits per heavy atom. The van der Waals surface area contributed by atoms with Gasteiger partial charge in [0.15, 0.2) is 0 Å². The number of thioether (sulfide) groups is 1. The van der Waals surface area contributed by atoms with Crippen molar-refractivity contribution in [2.75, 3.05) is 13.7 Å². The monoisotopic (exact) mass is 283 g/mol. The second kappa shape index (κ2) is 5.67. The van der Waals surface area contributed by atoms with Crippen LogP contribution >= 0.6 is 23.4 Å². The third-order valence-corrected chi connectivity index (χ3v) is 4.20. The Bertz CT molecular complexity index is 478. The lowest BCUT2D eigenvalue weighted by Gasteiger charge is -2.20. The molecule has 0 aromatic heterocycles. The number of rotatable bonds is 2. The molecule has 0 saturated carbocycles. The average molecular weight is 284 g/mol. The van der Waals surface area contributed by atoms with Crippen LogP contribution in [0.25, 0.3) is 0 Å². The van der Waals surface area contributed by atoms with E-state index in [0.29, 0.717) is 13.1 Å². The summed E-state index contributed by atoms with van der Waals surface area (Å²) in [5, 5.41) is 0. The number of amides is 1. The molecule has 5 heteroatoms. The zero-order valence-corrected chi connectivity index (χ0v) is 11.6. The van der Waals surface area contributed by atoms with E-state index in [-0.39, 0.29) is 10.6 Å². The van der Waals surface area contributed by atoms with Gasteiger partial charge in [0.05, 0.1) is 7.11 Å². The highest BCUT2D eigenvalue weighted by molar-refractivity contribution is 8.01. The Kier molecular flexibility index (Phi) is 4.19. The van der Waals surface area contributed by atoms with Crippen molar-refractivity contribution in [3.05, 3.63) is 36.4 Å². The number of methoxy groups -OCH3 is 1. The van der Waals surface area contributed by atoms with Gasteiger partial charge in [0, 0.05) is 18.0 Å². The summed E-state index contributed by atoms with van der Waals surface area (Å²) >= 11 is 7.79. The summed E-state index contributed by atoms with van der Waals surface area (Å²) in [4.78, 5) is 14.5. The fourth-order valence-electron chi connectivity index (χ4n) is 1.84. The minimum atomic E-state index is -0.149. The maximum atomic E-state index is 11.7. The first-order chi connectivity index (χ1) is 8.63. The largest absolute Gasteiger partial charge is 0.497 e. The summed E-state index contributed by atoms with van der Waals surface area (Å²) in [6.07, 6.45) is 1.32. The molecule has 0 saturated heterocycles. The van der Waals surface area contributed by atoms with Crippen molar-refractivity contribution in [3.8, 4) is 5.75 Å². The third-order valence-electron chi connectivity index (χ3n) is 2.73. The Hall–Kier alpha value is -1.13. The number of fused-ring (bicyclic) bond motifs is 1. The second-order valence-electron chi connectivity index (χ2n) is 3.92. The minimum Gasteiger partial charge on any atom is -0.497 e. The van der Waals surface area contributed by atoms with E-state index in [1.54, 1.807) is 23.8 Å². The summed E-state index contributed by atoms with van der Waals surface area (Å²) in [5.41, 5.74) is 1.05. The van der Waals surface area contributed by atoms with E-state index in [1.165, 1.54) is 6.08 Å². The smallest absolute Gasteiger partial charge is 0.246 e. The van der Waals surface area contributed by atoms with Crippen LogP contribution in [0, 0.1) is 0 Å². The first-order valence-electron chi connectivity index (χ1n) is 5.53. The van der Waals surface area contributed by atoms with Crippen LogP contribution in [0.3, 0.4) is 0 Å². The quantitative estimate of drug-likeness (QED) is 0.617. The molecule has 2 rings (SSSR count). The van der Waals surface area contributed by atoms with Crippen molar-refractivity contribution >= 4 is 29.3 Å². The van der Waals surface area contributed by atoms with Gasteiger partial charge in [-0.2, -0.15) is 0 Å². The summed E-state index contributed by atoms with van der Waals surface area (Å²) < 4.78 is 5.05. The molecule has 18 heavy (non-hydrogen) atoms. The molecule has 0 radical (unpaired) electrons. The Morgan fingerprint density at radius 1 is 1.67 bits per heavy atom. The van der Waals surface area contributed by atoms with Crippen molar-refractivity contribution in [1.82, 2.24) is 4.90 Å². The predicted molar refractivity (Wildman–Crippen MR) is 74.1 cm³/mol. The van der Waals surface area contributed by atoms with Crippen LogP contribution in [0.2, 0.25) is 0 Å². The van der Waals surface area contributed by atoms with Gasteiger partial charge in [-0.15, -0.1) is 23.4 Å². The highest BCUT2D eigenvalue weighted by Gasteiger charge is 2.23. The number of carbonyl (C=O) groups excluding carboxylic acids is 1. The molecule has 96 valence electrons. The molecule has 3 nitrogen and oxygen atoms in total. The average Bonchev–Trinajstić information content (AvgIpc) is 2.54. The fourth-order valence-corrected chi connectivity index (χ4v) is 3.24. The lowest BCUT2D eigenvalue weighted by molar-refractivity contribution is -0.126. The molecule has 1 atom stereocenters. The second-order valence-corrected chi connectivity index (χ2v) is 5.95. The molecular weight excluding hydrogens is 270 g/mol. The van der Waals surface area contributed by atoms with E-state index >= 15 is 0 Å². The Balaban J connectivity index is 2.34. The van der Waals surface area contributed by atoms with Gasteiger partial charge in [0.2, 0.25) is 5.91 Å². The molecule has 0 fully saturated rings. The topological polar surface area (TPSA) is 29.5 Å². The van der Waals surface area contributed by atoms with Crippen molar-refractivity contribution in [1.29, 1.82) is 0 Å². The molecule has 1 aliphatic rings. The molecule has 1 aromatic carbocycles. The molecule has 0 bridgehead atoms. The standard InChI is InChI=1S/C13H14ClNO2S/c1-3-13(16)15-7-9-6-10(17-2)4-5-11(9)18-12(14)8-15/h3-6,12H,1,7-8H2,2H3. The van der Waals surface area contributed by atoms with E-state index < -0.39 is 0 Å². The molecule has 1 amide bonds. The van der Waals surface area contributed by atoms with Gasteiger partial charge < -0.3 is 9.64 Å². The highest BCUT2D eigenvalue weighted by Crippen LogP contribution is 2.35. The van der Waals surface area contributed by atoms with Crippen LogP contribution in [0.1, 0.15) is 5.56 Å². The third kappa shape index (κ3) is 2.82. The molecule has 1 aliphatic heterocycles. The van der Waals surface area contributed by atoms with Crippen LogP contribution in [0.15, 0.2) is 35.7 Å². The van der Waals surface area contributed by atoms with Gasteiger partial charge >= 0.3 is 0 Å². The van der Waals surface area contributed by atoms with E-state index in [0.717, 1.165) is 16.2 Å². The van der Waals surface area contributed by atoms with Crippen LogP contribution in [0.4, 0.5) is 0 Å². The van der Waals surface area contributed by atoms with E-state index in [1.807, 2.05) is 18.2 Å². The summed E-state index contributed by atoms with van der Waals surface area (Å²) in [6.45, 7) is 4.56. The maximum Gasteiger partial charge on any atom is 0.246 e. The van der Waals surface area contributed by atoms with Gasteiger partial charge in [-0.05, 0) is 29.8 Å². The number of halogens is 1.